The Morgan fingerprint density at radius 3 is 2.82 bits per heavy atom. The van der Waals surface area contributed by atoms with Crippen LogP contribution in [-0.2, 0) is 6.61 Å². The zero-order valence-electron chi connectivity index (χ0n) is 10.2. The normalized spacial score (nSPS) is 16.4. The maximum absolute atomic E-state index is 13.9. The van der Waals surface area contributed by atoms with Crippen molar-refractivity contribution in [2.75, 3.05) is 18.5 Å². The molecule has 4 heteroatoms. The van der Waals surface area contributed by atoms with Crippen molar-refractivity contribution in [3.63, 3.8) is 0 Å². The first-order valence-corrected chi connectivity index (χ1v) is 6.17. The molecule has 3 nitrogen and oxygen atoms in total. The molecule has 1 aromatic heterocycles. The van der Waals surface area contributed by atoms with E-state index in [1.165, 1.54) is 31.7 Å². The molecular formula is C13H19FN2O. The molecule has 1 heterocycles. The van der Waals surface area contributed by atoms with Gasteiger partial charge in [-0.1, -0.05) is 12.8 Å². The van der Waals surface area contributed by atoms with Crippen LogP contribution in [0.25, 0.3) is 0 Å². The fourth-order valence-electron chi connectivity index (χ4n) is 2.53. The van der Waals surface area contributed by atoms with Gasteiger partial charge < -0.3 is 10.0 Å². The minimum absolute atomic E-state index is 0.279. The van der Waals surface area contributed by atoms with Crippen molar-refractivity contribution >= 4 is 5.82 Å². The summed E-state index contributed by atoms with van der Waals surface area (Å²) >= 11 is 0. The van der Waals surface area contributed by atoms with Gasteiger partial charge in [0, 0.05) is 25.4 Å². The summed E-state index contributed by atoms with van der Waals surface area (Å²) in [6.07, 6.45) is 6.57. The highest BCUT2D eigenvalue weighted by Crippen LogP contribution is 2.27. The van der Waals surface area contributed by atoms with Crippen LogP contribution in [0, 0.1) is 11.7 Å². The smallest absolute Gasteiger partial charge is 0.171 e. The molecular weight excluding hydrogens is 219 g/mol. The summed E-state index contributed by atoms with van der Waals surface area (Å²) in [4.78, 5) is 5.93. The van der Waals surface area contributed by atoms with Gasteiger partial charge in [0.05, 0.1) is 6.61 Å². The number of aromatic nitrogens is 1. The van der Waals surface area contributed by atoms with Gasteiger partial charge in [-0.15, -0.1) is 0 Å². The van der Waals surface area contributed by atoms with Gasteiger partial charge in [0.1, 0.15) is 0 Å². The first kappa shape index (κ1) is 12.3. The van der Waals surface area contributed by atoms with E-state index in [0.717, 1.165) is 6.54 Å². The molecule has 0 saturated heterocycles. The van der Waals surface area contributed by atoms with Gasteiger partial charge in [-0.05, 0) is 24.8 Å². The van der Waals surface area contributed by atoms with Crippen LogP contribution >= 0.6 is 0 Å². The minimum atomic E-state index is -0.393. The molecule has 0 radical (unpaired) electrons. The lowest BCUT2D eigenvalue weighted by Gasteiger charge is -2.22. The average Bonchev–Trinajstić information content (AvgIpc) is 2.82. The van der Waals surface area contributed by atoms with Gasteiger partial charge in [-0.3, -0.25) is 0 Å². The molecule has 94 valence electrons. The van der Waals surface area contributed by atoms with Crippen molar-refractivity contribution in [2.24, 2.45) is 5.92 Å². The second kappa shape index (κ2) is 5.45. The Labute approximate surface area is 101 Å². The number of anilines is 1. The van der Waals surface area contributed by atoms with Crippen LogP contribution in [-0.4, -0.2) is 23.7 Å². The van der Waals surface area contributed by atoms with Crippen LogP contribution in [0.15, 0.2) is 12.3 Å². The molecule has 1 aliphatic carbocycles. The van der Waals surface area contributed by atoms with Crippen molar-refractivity contribution in [1.29, 1.82) is 0 Å². The Bertz CT molecular complexity index is 378. The zero-order valence-corrected chi connectivity index (χ0v) is 10.2. The summed E-state index contributed by atoms with van der Waals surface area (Å²) in [6.45, 7) is 0.567. The predicted octanol–water partition coefficient (Wildman–Crippen LogP) is 2.34. The molecule has 1 aliphatic rings. The Morgan fingerprint density at radius 2 is 2.18 bits per heavy atom. The van der Waals surface area contributed by atoms with E-state index in [4.69, 9.17) is 5.11 Å². The Hall–Kier alpha value is -1.16. The topological polar surface area (TPSA) is 36.4 Å². The summed E-state index contributed by atoms with van der Waals surface area (Å²) in [7, 11) is 1.87. The van der Waals surface area contributed by atoms with Crippen molar-refractivity contribution in [2.45, 2.75) is 32.3 Å². The maximum atomic E-state index is 13.9. The first-order valence-electron chi connectivity index (χ1n) is 6.17. The second-order valence-electron chi connectivity index (χ2n) is 4.80. The van der Waals surface area contributed by atoms with E-state index in [1.54, 1.807) is 6.20 Å². The Balaban J connectivity index is 2.09. The highest BCUT2D eigenvalue weighted by atomic mass is 19.1. The monoisotopic (exact) mass is 238 g/mol. The largest absolute Gasteiger partial charge is 0.392 e. The fourth-order valence-corrected chi connectivity index (χ4v) is 2.53. The fraction of sp³-hybridized carbons (Fsp3) is 0.615. The summed E-state index contributed by atoms with van der Waals surface area (Å²) < 4.78 is 13.9. The number of hydrogen-bond donors (Lipinski definition) is 1. The molecule has 0 unspecified atom stereocenters. The zero-order chi connectivity index (χ0) is 12.3. The molecule has 0 aliphatic heterocycles. The highest BCUT2D eigenvalue weighted by molar-refractivity contribution is 5.42. The lowest BCUT2D eigenvalue weighted by Crippen LogP contribution is -2.26. The number of aliphatic hydroxyl groups excluding tert-OH is 1. The van der Waals surface area contributed by atoms with Gasteiger partial charge in [0.25, 0.3) is 0 Å². The number of aliphatic hydroxyl groups is 1. The third-order valence-corrected chi connectivity index (χ3v) is 3.49. The standard InChI is InChI=1S/C13H19FN2O/c1-16(8-10-4-2-3-5-10)13-12(14)11(9-17)6-7-15-13/h6-7,10,17H,2-5,8-9H2,1H3. The van der Waals surface area contributed by atoms with Crippen molar-refractivity contribution in [1.82, 2.24) is 4.98 Å². The summed E-state index contributed by atoms with van der Waals surface area (Å²) in [5, 5.41) is 9.02. The molecule has 0 aromatic carbocycles. The van der Waals surface area contributed by atoms with E-state index >= 15 is 0 Å². The number of rotatable bonds is 4. The van der Waals surface area contributed by atoms with Gasteiger partial charge in [-0.2, -0.15) is 0 Å². The quantitative estimate of drug-likeness (QED) is 0.874. The summed E-state index contributed by atoms with van der Waals surface area (Å²) in [5.41, 5.74) is 0.313. The molecule has 1 N–H and O–H groups in total. The molecule has 0 amide bonds. The molecule has 1 aromatic rings. The Morgan fingerprint density at radius 1 is 1.47 bits per heavy atom. The second-order valence-corrected chi connectivity index (χ2v) is 4.80. The lowest BCUT2D eigenvalue weighted by molar-refractivity contribution is 0.275. The highest BCUT2D eigenvalue weighted by Gasteiger charge is 2.19. The molecule has 2 rings (SSSR count). The third-order valence-electron chi connectivity index (χ3n) is 3.49. The summed E-state index contributed by atoms with van der Waals surface area (Å²) in [5.74, 6) is 0.609. The van der Waals surface area contributed by atoms with Crippen molar-refractivity contribution in [3.8, 4) is 0 Å². The molecule has 0 bridgehead atoms. The van der Waals surface area contributed by atoms with E-state index in [2.05, 4.69) is 4.98 Å². The van der Waals surface area contributed by atoms with Crippen LogP contribution in [0.4, 0.5) is 10.2 Å². The number of halogens is 1. The van der Waals surface area contributed by atoms with E-state index in [9.17, 15) is 4.39 Å². The third kappa shape index (κ3) is 2.75. The van der Waals surface area contributed by atoms with Gasteiger partial charge >= 0.3 is 0 Å². The SMILES string of the molecule is CN(CC1CCCC1)c1nccc(CO)c1F. The summed E-state index contributed by atoms with van der Waals surface area (Å²) in [6, 6.07) is 1.52. The first-order chi connectivity index (χ1) is 8.22. The molecule has 1 saturated carbocycles. The van der Waals surface area contributed by atoms with E-state index < -0.39 is 5.82 Å². The minimum Gasteiger partial charge on any atom is -0.392 e. The molecule has 0 spiro atoms. The average molecular weight is 238 g/mol. The van der Waals surface area contributed by atoms with Crippen molar-refractivity contribution < 1.29 is 9.50 Å². The molecule has 1 fully saturated rings. The Kier molecular flexibility index (Phi) is 3.94. The van der Waals surface area contributed by atoms with Crippen LogP contribution in [0.1, 0.15) is 31.2 Å². The molecule has 0 atom stereocenters. The maximum Gasteiger partial charge on any atom is 0.171 e. The number of pyridine rings is 1. The van der Waals surface area contributed by atoms with Gasteiger partial charge in [-0.25, -0.2) is 9.37 Å². The van der Waals surface area contributed by atoms with E-state index in [1.807, 2.05) is 11.9 Å². The van der Waals surface area contributed by atoms with Crippen LogP contribution < -0.4 is 4.90 Å². The van der Waals surface area contributed by atoms with Crippen LogP contribution in [0.2, 0.25) is 0 Å². The predicted molar refractivity (Wildman–Crippen MR) is 65.3 cm³/mol. The van der Waals surface area contributed by atoms with Crippen molar-refractivity contribution in [3.05, 3.63) is 23.6 Å². The lowest BCUT2D eigenvalue weighted by atomic mass is 10.1. The van der Waals surface area contributed by atoms with E-state index in [-0.39, 0.29) is 6.61 Å². The molecule has 17 heavy (non-hydrogen) atoms. The number of nitrogens with zero attached hydrogens (tertiary/aromatic N) is 2. The van der Waals surface area contributed by atoms with E-state index in [0.29, 0.717) is 17.3 Å². The van der Waals surface area contributed by atoms with Crippen LogP contribution in [0.5, 0.6) is 0 Å². The van der Waals surface area contributed by atoms with Gasteiger partial charge in [0.2, 0.25) is 0 Å². The van der Waals surface area contributed by atoms with Crippen LogP contribution in [0.3, 0.4) is 0 Å². The van der Waals surface area contributed by atoms with Gasteiger partial charge in [0.15, 0.2) is 11.6 Å². The number of hydrogen-bond acceptors (Lipinski definition) is 3.